The van der Waals surface area contributed by atoms with E-state index in [1.165, 1.54) is 17.2 Å². The monoisotopic (exact) mass is 353 g/mol. The number of rotatable bonds is 5. The topological polar surface area (TPSA) is 195 Å². The SMILES string of the molecule is Nc1ncnc2c1ncn2[C@@H]1O[C@H](CNC(=O)[C@@H](N)CO)[C@@H](O)[C@H]1O. The maximum Gasteiger partial charge on any atom is 0.239 e. The first-order chi connectivity index (χ1) is 11.9. The van der Waals surface area contributed by atoms with Gasteiger partial charge >= 0.3 is 0 Å². The van der Waals surface area contributed by atoms with E-state index in [1.54, 1.807) is 0 Å². The first kappa shape index (κ1) is 17.4. The fourth-order valence-corrected chi connectivity index (χ4v) is 2.60. The minimum Gasteiger partial charge on any atom is -0.394 e. The molecule has 2 aromatic rings. The van der Waals surface area contributed by atoms with Crippen molar-refractivity contribution in [3.63, 3.8) is 0 Å². The Bertz CT molecular complexity index is 768. The molecule has 2 aromatic heterocycles. The van der Waals surface area contributed by atoms with Crippen LogP contribution < -0.4 is 16.8 Å². The molecule has 5 atom stereocenters. The maximum atomic E-state index is 11.6. The molecule has 136 valence electrons. The molecular weight excluding hydrogens is 334 g/mol. The van der Waals surface area contributed by atoms with Gasteiger partial charge in [0.05, 0.1) is 12.9 Å². The highest BCUT2D eigenvalue weighted by Crippen LogP contribution is 2.31. The number of carbonyl (C=O) groups excluding carboxylic acids is 1. The summed E-state index contributed by atoms with van der Waals surface area (Å²) >= 11 is 0. The lowest BCUT2D eigenvalue weighted by Crippen LogP contribution is -2.47. The van der Waals surface area contributed by atoms with Crippen LogP contribution in [0.1, 0.15) is 6.23 Å². The molecule has 1 aliphatic heterocycles. The van der Waals surface area contributed by atoms with E-state index in [4.69, 9.17) is 21.3 Å². The van der Waals surface area contributed by atoms with Crippen LogP contribution in [0.25, 0.3) is 11.2 Å². The fraction of sp³-hybridized carbons (Fsp3) is 0.538. The summed E-state index contributed by atoms with van der Waals surface area (Å²) in [5, 5.41) is 31.7. The molecule has 0 bridgehead atoms. The smallest absolute Gasteiger partial charge is 0.239 e. The Morgan fingerprint density at radius 3 is 2.84 bits per heavy atom. The summed E-state index contributed by atoms with van der Waals surface area (Å²) in [7, 11) is 0. The lowest BCUT2D eigenvalue weighted by Gasteiger charge is -2.17. The summed E-state index contributed by atoms with van der Waals surface area (Å²) in [5.41, 5.74) is 11.8. The zero-order valence-corrected chi connectivity index (χ0v) is 13.1. The van der Waals surface area contributed by atoms with Gasteiger partial charge < -0.3 is 36.8 Å². The Hall–Kier alpha value is -2.38. The molecule has 12 heteroatoms. The van der Waals surface area contributed by atoms with Crippen molar-refractivity contribution in [2.24, 2.45) is 5.73 Å². The number of nitrogen functional groups attached to an aromatic ring is 1. The van der Waals surface area contributed by atoms with E-state index in [2.05, 4.69) is 20.3 Å². The number of imidazole rings is 1. The summed E-state index contributed by atoms with van der Waals surface area (Å²) in [5.74, 6) is -0.413. The molecule has 12 nitrogen and oxygen atoms in total. The second-order valence-corrected chi connectivity index (χ2v) is 5.66. The zero-order valence-electron chi connectivity index (χ0n) is 13.1. The summed E-state index contributed by atoms with van der Waals surface area (Å²) in [6.07, 6.45) is -1.76. The van der Waals surface area contributed by atoms with Gasteiger partial charge in [-0.15, -0.1) is 0 Å². The summed E-state index contributed by atoms with van der Waals surface area (Å²) in [6, 6.07) is -1.07. The van der Waals surface area contributed by atoms with Gasteiger partial charge in [0.25, 0.3) is 0 Å². The van der Waals surface area contributed by atoms with E-state index in [0.29, 0.717) is 11.2 Å². The lowest BCUT2D eigenvalue weighted by molar-refractivity contribution is -0.124. The van der Waals surface area contributed by atoms with Crippen molar-refractivity contribution in [3.8, 4) is 0 Å². The molecule has 8 N–H and O–H groups in total. The highest BCUT2D eigenvalue weighted by atomic mass is 16.6. The number of aromatic nitrogens is 4. The minimum absolute atomic E-state index is 0.0922. The van der Waals surface area contributed by atoms with Gasteiger partial charge in [-0.2, -0.15) is 0 Å². The van der Waals surface area contributed by atoms with E-state index >= 15 is 0 Å². The van der Waals surface area contributed by atoms with Gasteiger partial charge in [0, 0.05) is 6.54 Å². The van der Waals surface area contributed by atoms with E-state index in [-0.39, 0.29) is 12.4 Å². The molecule has 1 aliphatic rings. The minimum atomic E-state index is -1.28. The van der Waals surface area contributed by atoms with Gasteiger partial charge in [0.1, 0.15) is 36.2 Å². The van der Waals surface area contributed by atoms with Crippen molar-refractivity contribution in [1.82, 2.24) is 24.8 Å². The number of fused-ring (bicyclic) bond motifs is 1. The Morgan fingerprint density at radius 2 is 2.12 bits per heavy atom. The van der Waals surface area contributed by atoms with Crippen LogP contribution in [-0.2, 0) is 9.53 Å². The second kappa shape index (κ2) is 6.85. The standard InChI is InChI=1S/C13H19N7O5/c14-5(2-21)12(24)16-1-6-8(22)9(23)13(25-6)20-4-19-7-10(15)17-3-18-11(7)20/h3-6,8-9,13,21-23H,1-2,14H2,(H,16,24)(H2,15,17,18)/t5-,6+,8+,9+,13+/m0/s1. The lowest BCUT2D eigenvalue weighted by atomic mass is 10.1. The normalized spacial score (nSPS) is 27.5. The molecule has 0 aliphatic carbocycles. The largest absolute Gasteiger partial charge is 0.394 e. The summed E-state index contributed by atoms with van der Waals surface area (Å²) < 4.78 is 7.08. The van der Waals surface area contributed by atoms with Crippen LogP contribution in [0.15, 0.2) is 12.7 Å². The molecular formula is C13H19N7O5. The fourth-order valence-electron chi connectivity index (χ4n) is 2.60. The Kier molecular flexibility index (Phi) is 4.78. The molecule has 1 amide bonds. The molecule has 0 radical (unpaired) electrons. The number of nitrogens with one attached hydrogen (secondary N) is 1. The molecule has 3 rings (SSSR count). The van der Waals surface area contributed by atoms with Crippen molar-refractivity contribution >= 4 is 22.9 Å². The number of nitrogens with two attached hydrogens (primary N) is 2. The van der Waals surface area contributed by atoms with Crippen molar-refractivity contribution in [2.75, 3.05) is 18.9 Å². The molecule has 0 unspecified atom stereocenters. The van der Waals surface area contributed by atoms with E-state index in [0.717, 1.165) is 0 Å². The van der Waals surface area contributed by atoms with Crippen molar-refractivity contribution < 1.29 is 24.9 Å². The molecule has 0 aromatic carbocycles. The quantitative estimate of drug-likeness (QED) is 0.313. The number of carbonyl (C=O) groups is 1. The number of hydrogen-bond acceptors (Lipinski definition) is 10. The zero-order chi connectivity index (χ0) is 18.1. The first-order valence-electron chi connectivity index (χ1n) is 7.52. The van der Waals surface area contributed by atoms with Crippen LogP contribution >= 0.6 is 0 Å². The molecule has 3 heterocycles. The van der Waals surface area contributed by atoms with E-state index in [9.17, 15) is 15.0 Å². The predicted molar refractivity (Wildman–Crippen MR) is 83.7 cm³/mol. The van der Waals surface area contributed by atoms with Crippen molar-refractivity contribution in [3.05, 3.63) is 12.7 Å². The molecule has 0 saturated carbocycles. The Balaban J connectivity index is 1.75. The average molecular weight is 353 g/mol. The van der Waals surface area contributed by atoms with Gasteiger partial charge in [0.15, 0.2) is 17.7 Å². The number of amides is 1. The van der Waals surface area contributed by atoms with Crippen LogP contribution in [0.5, 0.6) is 0 Å². The number of aliphatic hydroxyl groups is 3. The predicted octanol–water partition coefficient (Wildman–Crippen LogP) is -3.54. The molecule has 1 fully saturated rings. The number of ether oxygens (including phenoxy) is 1. The molecule has 0 spiro atoms. The molecule has 1 saturated heterocycles. The van der Waals surface area contributed by atoms with Crippen LogP contribution in [0.4, 0.5) is 5.82 Å². The highest BCUT2D eigenvalue weighted by molar-refractivity contribution is 5.82. The van der Waals surface area contributed by atoms with Gasteiger partial charge in [-0.3, -0.25) is 9.36 Å². The number of nitrogens with zero attached hydrogens (tertiary/aromatic N) is 4. The van der Waals surface area contributed by atoms with Gasteiger partial charge in [0.2, 0.25) is 5.91 Å². The summed E-state index contributed by atoms with van der Waals surface area (Å²) in [6.45, 7) is -0.599. The molecule has 25 heavy (non-hydrogen) atoms. The van der Waals surface area contributed by atoms with Crippen LogP contribution in [0.2, 0.25) is 0 Å². The van der Waals surface area contributed by atoms with Crippen LogP contribution in [0, 0.1) is 0 Å². The average Bonchev–Trinajstić information content (AvgIpc) is 3.15. The Labute approximate surface area is 141 Å². The van der Waals surface area contributed by atoms with Gasteiger partial charge in [-0.05, 0) is 0 Å². The van der Waals surface area contributed by atoms with E-state index < -0.39 is 43.1 Å². The van der Waals surface area contributed by atoms with E-state index in [1.807, 2.05) is 0 Å². The second-order valence-electron chi connectivity index (χ2n) is 5.66. The maximum absolute atomic E-state index is 11.6. The number of hydrogen-bond donors (Lipinski definition) is 6. The number of anilines is 1. The Morgan fingerprint density at radius 1 is 1.36 bits per heavy atom. The van der Waals surface area contributed by atoms with Gasteiger partial charge in [-0.1, -0.05) is 0 Å². The van der Waals surface area contributed by atoms with Crippen molar-refractivity contribution in [1.29, 1.82) is 0 Å². The first-order valence-corrected chi connectivity index (χ1v) is 7.52. The van der Waals surface area contributed by atoms with Crippen LogP contribution in [-0.4, -0.2) is 78.3 Å². The van der Waals surface area contributed by atoms with Crippen LogP contribution in [0.3, 0.4) is 0 Å². The highest BCUT2D eigenvalue weighted by Gasteiger charge is 2.44. The summed E-state index contributed by atoms with van der Waals surface area (Å²) in [4.78, 5) is 23.6. The van der Waals surface area contributed by atoms with Crippen molar-refractivity contribution in [2.45, 2.75) is 30.6 Å². The third-order valence-electron chi connectivity index (χ3n) is 4.01. The number of aliphatic hydroxyl groups excluding tert-OH is 3. The third kappa shape index (κ3) is 3.12. The van der Waals surface area contributed by atoms with Gasteiger partial charge in [-0.25, -0.2) is 15.0 Å². The third-order valence-corrected chi connectivity index (χ3v) is 4.01.